The van der Waals surface area contributed by atoms with E-state index in [2.05, 4.69) is 26.1 Å². The summed E-state index contributed by atoms with van der Waals surface area (Å²) in [6.45, 7) is 6.49. The van der Waals surface area contributed by atoms with Crippen LogP contribution in [0, 0.1) is 11.3 Å². The maximum atomic E-state index is 12.3. The van der Waals surface area contributed by atoms with E-state index in [9.17, 15) is 4.79 Å². The molecule has 1 aliphatic carbocycles. The van der Waals surface area contributed by atoms with Crippen molar-refractivity contribution in [1.29, 1.82) is 0 Å². The molecular formula is C15H28ClNO. The molecular weight excluding hydrogens is 246 g/mol. The standard InChI is InChI=1S/C15H28ClNO/c1-15(2,3)13(10-11-16)17-14(18)12-8-6-4-5-7-9-12/h12-13H,4-11H2,1-3H3,(H,17,18). The van der Waals surface area contributed by atoms with Crippen molar-refractivity contribution >= 4 is 17.5 Å². The summed E-state index contributed by atoms with van der Waals surface area (Å²) in [6.07, 6.45) is 7.94. The predicted molar refractivity (Wildman–Crippen MR) is 77.9 cm³/mol. The Morgan fingerprint density at radius 1 is 1.22 bits per heavy atom. The number of rotatable bonds is 4. The summed E-state index contributed by atoms with van der Waals surface area (Å²) >= 11 is 5.85. The van der Waals surface area contributed by atoms with E-state index in [-0.39, 0.29) is 23.3 Å². The molecule has 2 nitrogen and oxygen atoms in total. The summed E-state index contributed by atoms with van der Waals surface area (Å²) in [4.78, 5) is 12.3. The Kier molecular flexibility index (Phi) is 6.48. The van der Waals surface area contributed by atoms with Crippen LogP contribution in [0.5, 0.6) is 0 Å². The molecule has 1 unspecified atom stereocenters. The van der Waals surface area contributed by atoms with E-state index >= 15 is 0 Å². The Morgan fingerprint density at radius 2 is 1.78 bits per heavy atom. The molecule has 0 spiro atoms. The highest BCUT2D eigenvalue weighted by atomic mass is 35.5. The summed E-state index contributed by atoms with van der Waals surface area (Å²) in [5, 5.41) is 3.23. The topological polar surface area (TPSA) is 29.1 Å². The molecule has 3 heteroatoms. The van der Waals surface area contributed by atoms with E-state index < -0.39 is 0 Å². The fourth-order valence-corrected chi connectivity index (χ4v) is 2.88. The average molecular weight is 274 g/mol. The lowest BCUT2D eigenvalue weighted by molar-refractivity contribution is -0.126. The summed E-state index contributed by atoms with van der Waals surface area (Å²) in [5.74, 6) is 1.09. The van der Waals surface area contributed by atoms with E-state index in [1.165, 1.54) is 25.7 Å². The zero-order chi connectivity index (χ0) is 13.6. The second-order valence-corrected chi connectivity index (χ2v) is 6.97. The molecule has 1 aliphatic rings. The van der Waals surface area contributed by atoms with Gasteiger partial charge in [0.1, 0.15) is 0 Å². The first kappa shape index (κ1) is 15.8. The average Bonchev–Trinajstić information content (AvgIpc) is 2.55. The summed E-state index contributed by atoms with van der Waals surface area (Å²) < 4.78 is 0. The van der Waals surface area contributed by atoms with Gasteiger partial charge in [0.25, 0.3) is 0 Å². The Hall–Kier alpha value is -0.240. The smallest absolute Gasteiger partial charge is 0.223 e. The molecule has 0 aromatic carbocycles. The summed E-state index contributed by atoms with van der Waals surface area (Å²) in [6, 6.07) is 0.186. The molecule has 1 rings (SSSR count). The Balaban J connectivity index is 2.54. The molecule has 0 heterocycles. The molecule has 1 fully saturated rings. The first-order valence-electron chi connectivity index (χ1n) is 7.31. The van der Waals surface area contributed by atoms with Gasteiger partial charge in [-0.05, 0) is 24.7 Å². The van der Waals surface area contributed by atoms with Crippen LogP contribution in [0.25, 0.3) is 0 Å². The minimum atomic E-state index is 0.0787. The molecule has 0 aromatic rings. The van der Waals surface area contributed by atoms with Crippen LogP contribution in [-0.2, 0) is 4.79 Å². The minimum Gasteiger partial charge on any atom is -0.353 e. The first-order chi connectivity index (χ1) is 8.45. The van der Waals surface area contributed by atoms with Gasteiger partial charge in [-0.3, -0.25) is 4.79 Å². The molecule has 0 aromatic heterocycles. The number of hydrogen-bond acceptors (Lipinski definition) is 1. The van der Waals surface area contributed by atoms with Gasteiger partial charge in [-0.2, -0.15) is 0 Å². The molecule has 1 N–H and O–H groups in total. The Morgan fingerprint density at radius 3 is 2.22 bits per heavy atom. The molecule has 0 aliphatic heterocycles. The Labute approximate surface area is 117 Å². The highest BCUT2D eigenvalue weighted by molar-refractivity contribution is 6.17. The van der Waals surface area contributed by atoms with E-state index in [0.29, 0.717) is 5.88 Å². The monoisotopic (exact) mass is 273 g/mol. The van der Waals surface area contributed by atoms with Gasteiger partial charge in [-0.25, -0.2) is 0 Å². The lowest BCUT2D eigenvalue weighted by Crippen LogP contribution is -2.46. The SMILES string of the molecule is CC(C)(C)C(CCCl)NC(=O)C1CCCCCC1. The molecule has 0 saturated heterocycles. The normalized spacial score (nSPS) is 20.2. The van der Waals surface area contributed by atoms with Crippen LogP contribution in [0.2, 0.25) is 0 Å². The largest absolute Gasteiger partial charge is 0.353 e. The van der Waals surface area contributed by atoms with E-state index in [1.54, 1.807) is 0 Å². The van der Waals surface area contributed by atoms with Crippen LogP contribution in [0.3, 0.4) is 0 Å². The lowest BCUT2D eigenvalue weighted by Gasteiger charge is -2.32. The van der Waals surface area contributed by atoms with Crippen molar-refractivity contribution in [2.24, 2.45) is 11.3 Å². The number of hydrogen-bond donors (Lipinski definition) is 1. The third-order valence-corrected chi connectivity index (χ3v) is 4.20. The first-order valence-corrected chi connectivity index (χ1v) is 7.85. The second-order valence-electron chi connectivity index (χ2n) is 6.59. The molecule has 18 heavy (non-hydrogen) atoms. The molecule has 1 atom stereocenters. The quantitative estimate of drug-likeness (QED) is 0.606. The van der Waals surface area contributed by atoms with Gasteiger partial charge in [0.05, 0.1) is 0 Å². The van der Waals surface area contributed by atoms with Crippen molar-refractivity contribution in [1.82, 2.24) is 5.32 Å². The van der Waals surface area contributed by atoms with Crippen molar-refractivity contribution in [3.63, 3.8) is 0 Å². The molecule has 106 valence electrons. The van der Waals surface area contributed by atoms with Gasteiger partial charge < -0.3 is 5.32 Å². The van der Waals surface area contributed by atoms with Crippen molar-refractivity contribution in [3.8, 4) is 0 Å². The van der Waals surface area contributed by atoms with Crippen LogP contribution in [0.15, 0.2) is 0 Å². The molecule has 0 radical (unpaired) electrons. The van der Waals surface area contributed by atoms with Crippen LogP contribution >= 0.6 is 11.6 Å². The van der Waals surface area contributed by atoms with Gasteiger partial charge in [0.15, 0.2) is 0 Å². The van der Waals surface area contributed by atoms with Crippen LogP contribution in [0.4, 0.5) is 0 Å². The van der Waals surface area contributed by atoms with Crippen molar-refractivity contribution in [2.45, 2.75) is 71.8 Å². The summed E-state index contributed by atoms with van der Waals surface area (Å²) in [5.41, 5.74) is 0.0787. The lowest BCUT2D eigenvalue weighted by atomic mass is 9.84. The van der Waals surface area contributed by atoms with E-state index in [4.69, 9.17) is 11.6 Å². The predicted octanol–water partition coefficient (Wildman–Crippen LogP) is 4.12. The molecule has 0 bridgehead atoms. The number of amides is 1. The zero-order valence-corrected chi connectivity index (χ0v) is 12.9. The molecule has 1 saturated carbocycles. The third kappa shape index (κ3) is 5.17. The number of carbonyl (C=O) groups excluding carboxylic acids is 1. The van der Waals surface area contributed by atoms with Crippen LogP contribution in [-0.4, -0.2) is 17.8 Å². The minimum absolute atomic E-state index is 0.0787. The van der Waals surface area contributed by atoms with Crippen molar-refractivity contribution < 1.29 is 4.79 Å². The second kappa shape index (κ2) is 7.37. The van der Waals surface area contributed by atoms with Crippen LogP contribution < -0.4 is 5.32 Å². The van der Waals surface area contributed by atoms with Crippen molar-refractivity contribution in [3.05, 3.63) is 0 Å². The van der Waals surface area contributed by atoms with Gasteiger partial charge in [-0.15, -0.1) is 11.6 Å². The number of alkyl halides is 1. The van der Waals surface area contributed by atoms with Crippen LogP contribution in [0.1, 0.15) is 65.7 Å². The fourth-order valence-electron chi connectivity index (χ4n) is 2.66. The van der Waals surface area contributed by atoms with Gasteiger partial charge in [0, 0.05) is 17.8 Å². The molecule has 1 amide bonds. The number of carbonyl (C=O) groups is 1. The van der Waals surface area contributed by atoms with E-state index in [0.717, 1.165) is 19.3 Å². The summed E-state index contributed by atoms with van der Waals surface area (Å²) in [7, 11) is 0. The highest BCUT2D eigenvalue weighted by Gasteiger charge is 2.28. The Bertz CT molecular complexity index is 252. The maximum absolute atomic E-state index is 12.3. The highest BCUT2D eigenvalue weighted by Crippen LogP contribution is 2.26. The van der Waals surface area contributed by atoms with Gasteiger partial charge in [0.2, 0.25) is 5.91 Å². The van der Waals surface area contributed by atoms with Gasteiger partial charge >= 0.3 is 0 Å². The number of nitrogens with one attached hydrogen (secondary N) is 1. The third-order valence-electron chi connectivity index (χ3n) is 3.99. The van der Waals surface area contributed by atoms with Crippen molar-refractivity contribution in [2.75, 3.05) is 5.88 Å². The van der Waals surface area contributed by atoms with E-state index in [1.807, 2.05) is 0 Å². The maximum Gasteiger partial charge on any atom is 0.223 e. The number of halogens is 1. The zero-order valence-electron chi connectivity index (χ0n) is 12.1. The van der Waals surface area contributed by atoms with Gasteiger partial charge in [-0.1, -0.05) is 46.5 Å². The fraction of sp³-hybridized carbons (Fsp3) is 0.933.